The number of benzene rings is 2. The molecule has 2 aromatic carbocycles. The molecule has 29 heavy (non-hydrogen) atoms. The van der Waals surface area contributed by atoms with Crippen LogP contribution in [-0.2, 0) is 9.84 Å². The molecule has 3 aromatic heterocycles. The van der Waals surface area contributed by atoms with Crippen LogP contribution in [0.2, 0.25) is 0 Å². The van der Waals surface area contributed by atoms with Gasteiger partial charge >= 0.3 is 0 Å². The summed E-state index contributed by atoms with van der Waals surface area (Å²) in [5.41, 5.74) is 4.25. The van der Waals surface area contributed by atoms with Crippen LogP contribution in [0.4, 0.5) is 0 Å². The molecule has 0 atom stereocenters. The zero-order chi connectivity index (χ0) is 20.2. The molecule has 0 aliphatic rings. The highest BCUT2D eigenvalue weighted by Crippen LogP contribution is 2.33. The lowest BCUT2D eigenvalue weighted by molar-refractivity contribution is 0.592. The van der Waals surface area contributed by atoms with Crippen molar-refractivity contribution in [2.75, 3.05) is 0 Å². The third-order valence-corrected chi connectivity index (χ3v) is 7.25. The van der Waals surface area contributed by atoms with E-state index in [-0.39, 0.29) is 9.92 Å². The van der Waals surface area contributed by atoms with Gasteiger partial charge in [0, 0.05) is 17.1 Å². The predicted octanol–water partition coefficient (Wildman–Crippen LogP) is 4.25. The molecule has 0 saturated heterocycles. The minimum atomic E-state index is -3.88. The van der Waals surface area contributed by atoms with Crippen molar-refractivity contribution in [2.45, 2.75) is 16.8 Å². The zero-order valence-electron chi connectivity index (χ0n) is 15.1. The maximum absolute atomic E-state index is 13.5. The molecular weight excluding hydrogens is 501 g/mol. The molecule has 144 valence electrons. The number of aromatic amines is 2. The van der Waals surface area contributed by atoms with Crippen molar-refractivity contribution in [3.63, 3.8) is 0 Å². The third-order valence-electron chi connectivity index (χ3n) is 4.77. The molecule has 9 heteroatoms. The molecule has 0 aliphatic heterocycles. The van der Waals surface area contributed by atoms with Gasteiger partial charge in [0.25, 0.3) is 0 Å². The van der Waals surface area contributed by atoms with Crippen molar-refractivity contribution in [2.24, 2.45) is 0 Å². The molecule has 5 aromatic rings. The summed E-state index contributed by atoms with van der Waals surface area (Å²) in [7, 11) is -3.88. The fourth-order valence-corrected chi connectivity index (χ4v) is 5.26. The van der Waals surface area contributed by atoms with E-state index in [4.69, 9.17) is 0 Å². The Morgan fingerprint density at radius 3 is 2.79 bits per heavy atom. The molecule has 0 amide bonds. The predicted molar refractivity (Wildman–Crippen MR) is 118 cm³/mol. The van der Waals surface area contributed by atoms with Gasteiger partial charge in [-0.3, -0.25) is 5.10 Å². The van der Waals surface area contributed by atoms with Gasteiger partial charge in [-0.15, -0.1) is 0 Å². The smallest absolute Gasteiger partial charge is 0.226 e. The highest BCUT2D eigenvalue weighted by Gasteiger charge is 2.25. The van der Waals surface area contributed by atoms with E-state index in [0.29, 0.717) is 16.7 Å². The number of hydrogen-bond acceptors (Lipinski definition) is 5. The molecule has 7 nitrogen and oxygen atoms in total. The summed E-state index contributed by atoms with van der Waals surface area (Å²) >= 11 is 2.10. The molecule has 0 saturated carbocycles. The summed E-state index contributed by atoms with van der Waals surface area (Å²) in [5, 5.41) is 7.78. The van der Waals surface area contributed by atoms with Crippen LogP contribution in [0.1, 0.15) is 5.56 Å². The van der Waals surface area contributed by atoms with E-state index in [2.05, 4.69) is 47.7 Å². The largest absolute Gasteiger partial charge is 0.344 e. The van der Waals surface area contributed by atoms with Gasteiger partial charge in [0.05, 0.1) is 26.4 Å². The Hall–Kier alpha value is -2.79. The van der Waals surface area contributed by atoms with Crippen LogP contribution >= 0.6 is 22.6 Å². The monoisotopic (exact) mass is 515 g/mol. The van der Waals surface area contributed by atoms with Crippen LogP contribution in [0.15, 0.2) is 64.9 Å². The summed E-state index contributed by atoms with van der Waals surface area (Å²) in [5.74, 6) is 0. The van der Waals surface area contributed by atoms with Gasteiger partial charge < -0.3 is 4.98 Å². The van der Waals surface area contributed by atoms with Crippen molar-refractivity contribution in [3.8, 4) is 11.1 Å². The van der Waals surface area contributed by atoms with Crippen LogP contribution in [0, 0.1) is 10.5 Å². The lowest BCUT2D eigenvalue weighted by atomic mass is 10.0. The number of sulfone groups is 1. The van der Waals surface area contributed by atoms with E-state index >= 15 is 0 Å². The summed E-state index contributed by atoms with van der Waals surface area (Å²) in [4.78, 5) is 11.8. The molecule has 0 radical (unpaired) electrons. The fraction of sp³-hybridized carbons (Fsp3) is 0.0500. The van der Waals surface area contributed by atoms with Gasteiger partial charge in [0.1, 0.15) is 5.52 Å². The number of rotatable bonds is 3. The number of hydrogen-bond donors (Lipinski definition) is 2. The number of halogens is 1. The summed E-state index contributed by atoms with van der Waals surface area (Å²) in [6, 6.07) is 11.1. The Kier molecular flexibility index (Phi) is 4.17. The zero-order valence-corrected chi connectivity index (χ0v) is 18.1. The fourth-order valence-electron chi connectivity index (χ4n) is 3.29. The van der Waals surface area contributed by atoms with E-state index in [9.17, 15) is 8.42 Å². The van der Waals surface area contributed by atoms with Crippen molar-refractivity contribution in [3.05, 3.63) is 64.1 Å². The van der Waals surface area contributed by atoms with Crippen LogP contribution in [0.5, 0.6) is 0 Å². The second-order valence-corrected chi connectivity index (χ2v) is 9.74. The van der Waals surface area contributed by atoms with Gasteiger partial charge in [-0.1, -0.05) is 18.2 Å². The number of aryl methyl sites for hydroxylation is 1. The maximum Gasteiger partial charge on any atom is 0.226 e. The molecule has 2 N–H and O–H groups in total. The van der Waals surface area contributed by atoms with Crippen molar-refractivity contribution in [1.82, 2.24) is 25.1 Å². The van der Waals surface area contributed by atoms with Crippen LogP contribution in [-0.4, -0.2) is 33.6 Å². The van der Waals surface area contributed by atoms with Crippen LogP contribution < -0.4 is 0 Å². The number of H-pyrrole nitrogens is 2. The molecule has 0 aliphatic carbocycles. The van der Waals surface area contributed by atoms with Gasteiger partial charge in [-0.2, -0.15) is 5.10 Å². The summed E-state index contributed by atoms with van der Waals surface area (Å²) in [6.07, 6.45) is 4.77. The Morgan fingerprint density at radius 2 is 1.93 bits per heavy atom. The molecule has 0 unspecified atom stereocenters. The molecular formula is C20H14IN5O2S. The lowest BCUT2D eigenvalue weighted by Crippen LogP contribution is -2.07. The van der Waals surface area contributed by atoms with Gasteiger partial charge in [0.15, 0.2) is 10.7 Å². The number of aromatic nitrogens is 5. The Bertz CT molecular complexity index is 1500. The second-order valence-electron chi connectivity index (χ2n) is 6.72. The summed E-state index contributed by atoms with van der Waals surface area (Å²) in [6.45, 7) is 1.87. The first kappa shape index (κ1) is 18.3. The Morgan fingerprint density at radius 1 is 1.07 bits per heavy atom. The topological polar surface area (TPSA) is 104 Å². The van der Waals surface area contributed by atoms with Gasteiger partial charge in [-0.05, 0) is 58.8 Å². The third kappa shape index (κ3) is 3.01. The first-order valence-electron chi connectivity index (χ1n) is 8.72. The second kappa shape index (κ2) is 6.63. The van der Waals surface area contributed by atoms with Crippen molar-refractivity contribution < 1.29 is 8.42 Å². The minimum absolute atomic E-state index is 0.0706. The highest BCUT2D eigenvalue weighted by atomic mass is 127. The SMILES string of the molecule is Cc1ccc(-c2ccc3[nH]ncc3c2)c(S(=O)(=O)c2cnc3[nH]cc(I)c3n2)c1. The number of nitrogens with zero attached hydrogens (tertiary/aromatic N) is 3. The van der Waals surface area contributed by atoms with E-state index in [1.54, 1.807) is 18.5 Å². The van der Waals surface area contributed by atoms with E-state index in [1.165, 1.54) is 6.20 Å². The number of nitrogens with one attached hydrogen (secondary N) is 2. The summed E-state index contributed by atoms with van der Waals surface area (Å²) < 4.78 is 27.9. The van der Waals surface area contributed by atoms with Crippen molar-refractivity contribution >= 4 is 54.5 Å². The van der Waals surface area contributed by atoms with Gasteiger partial charge in [-0.25, -0.2) is 18.4 Å². The maximum atomic E-state index is 13.5. The van der Waals surface area contributed by atoms with E-state index in [1.807, 2.05) is 37.3 Å². The first-order valence-corrected chi connectivity index (χ1v) is 11.3. The quantitative estimate of drug-likeness (QED) is 0.350. The van der Waals surface area contributed by atoms with E-state index < -0.39 is 9.84 Å². The Labute approximate surface area is 179 Å². The molecule has 3 heterocycles. The molecule has 0 spiro atoms. The first-order chi connectivity index (χ1) is 13.9. The average Bonchev–Trinajstić information content (AvgIpc) is 3.33. The Balaban J connectivity index is 1.73. The molecule has 0 bridgehead atoms. The lowest BCUT2D eigenvalue weighted by Gasteiger charge is -2.12. The normalized spacial score (nSPS) is 12.1. The molecule has 5 rings (SSSR count). The van der Waals surface area contributed by atoms with Crippen molar-refractivity contribution in [1.29, 1.82) is 0 Å². The standard InChI is InChI=1S/C20H14IN5O2S/c1-11-2-4-14(12-3-5-16-13(7-12)8-24-26-16)17(6-11)29(27,28)18-10-23-20-19(25-18)15(21)9-22-20/h2-10H,1H3,(H,22,23)(H,24,26). The van der Waals surface area contributed by atoms with Crippen LogP contribution in [0.25, 0.3) is 33.2 Å². The molecule has 0 fully saturated rings. The van der Waals surface area contributed by atoms with Gasteiger partial charge in [0.2, 0.25) is 9.84 Å². The van der Waals surface area contributed by atoms with E-state index in [0.717, 1.165) is 25.6 Å². The minimum Gasteiger partial charge on any atom is -0.344 e. The van der Waals surface area contributed by atoms with Crippen LogP contribution in [0.3, 0.4) is 0 Å². The number of fused-ring (bicyclic) bond motifs is 2. The highest BCUT2D eigenvalue weighted by molar-refractivity contribution is 14.1. The average molecular weight is 515 g/mol.